The Morgan fingerprint density at radius 2 is 1.60 bits per heavy atom. The van der Waals surface area contributed by atoms with Crippen LogP contribution in [0, 0.1) is 0 Å². The molecule has 1 unspecified atom stereocenters. The summed E-state index contributed by atoms with van der Waals surface area (Å²) in [7, 11) is -3.57. The van der Waals surface area contributed by atoms with Gasteiger partial charge in [-0.1, -0.05) is 48.5 Å². The quantitative estimate of drug-likeness (QED) is 0.120. The van der Waals surface area contributed by atoms with Crippen LogP contribution in [0.1, 0.15) is 26.3 Å². The highest BCUT2D eigenvalue weighted by Crippen LogP contribution is 2.31. The Kier molecular flexibility index (Phi) is 9.28. The van der Waals surface area contributed by atoms with E-state index in [0.717, 1.165) is 5.56 Å². The number of anilines is 5. The first-order chi connectivity index (χ1) is 21.6. The highest BCUT2D eigenvalue weighted by atomic mass is 32.2. The Hall–Kier alpha value is -5.43. The summed E-state index contributed by atoms with van der Waals surface area (Å²) in [6.07, 6.45) is 1.01. The molecule has 2 aromatic heterocycles. The van der Waals surface area contributed by atoms with Gasteiger partial charge in [-0.3, -0.25) is 4.79 Å². The van der Waals surface area contributed by atoms with Crippen molar-refractivity contribution in [3.8, 4) is 0 Å². The maximum absolute atomic E-state index is 13.0. The molecule has 232 valence electrons. The topological polar surface area (TPSA) is 167 Å². The lowest BCUT2D eigenvalue weighted by atomic mass is 10.2. The van der Waals surface area contributed by atoms with E-state index in [1.165, 1.54) is 0 Å². The third-order valence-corrected chi connectivity index (χ3v) is 9.01. The van der Waals surface area contributed by atoms with Crippen molar-refractivity contribution in [2.45, 2.75) is 43.6 Å². The van der Waals surface area contributed by atoms with Crippen LogP contribution in [-0.4, -0.2) is 46.7 Å². The van der Waals surface area contributed by atoms with E-state index >= 15 is 0 Å². The first-order valence-corrected chi connectivity index (χ1v) is 15.7. The maximum atomic E-state index is 13.0. The number of nitrogens with one attached hydrogen (secondary N) is 5. The van der Waals surface area contributed by atoms with Crippen molar-refractivity contribution < 1.29 is 22.7 Å². The number of carbonyl (C=O) groups excluding carboxylic acids is 2. The molecule has 0 fully saturated rings. The number of sulfone groups is 1. The van der Waals surface area contributed by atoms with Crippen molar-refractivity contribution in [2.24, 2.45) is 0 Å². The molecule has 45 heavy (non-hydrogen) atoms. The Bertz CT molecular complexity index is 1930. The molecule has 3 aromatic carbocycles. The molecule has 0 spiro atoms. The van der Waals surface area contributed by atoms with E-state index in [0.29, 0.717) is 33.9 Å². The number of benzene rings is 3. The van der Waals surface area contributed by atoms with Gasteiger partial charge in [-0.05, 0) is 62.7 Å². The van der Waals surface area contributed by atoms with Gasteiger partial charge in [0.1, 0.15) is 18.2 Å². The second kappa shape index (κ2) is 13.5. The number of nitrogens with zero attached hydrogens (tertiary/aromatic N) is 2. The Labute approximate surface area is 260 Å². The van der Waals surface area contributed by atoms with Gasteiger partial charge in [0, 0.05) is 17.6 Å². The molecule has 2 heterocycles. The summed E-state index contributed by atoms with van der Waals surface area (Å²) in [5, 5.41) is 11.0. The van der Waals surface area contributed by atoms with Crippen LogP contribution in [0.5, 0.6) is 0 Å². The number of para-hydroxylation sites is 1. The van der Waals surface area contributed by atoms with Gasteiger partial charge in [0.15, 0.2) is 15.7 Å². The van der Waals surface area contributed by atoms with Gasteiger partial charge in [0.05, 0.1) is 21.3 Å². The number of aromatic amines is 1. The molecular formula is C32H33N7O5S. The van der Waals surface area contributed by atoms with Crippen LogP contribution >= 0.6 is 0 Å². The molecule has 12 nitrogen and oxygen atoms in total. The summed E-state index contributed by atoms with van der Waals surface area (Å²) >= 11 is 0. The molecule has 1 atom stereocenters. The standard InChI is InChI=1S/C32H33N7O5S/c1-20(2)45(42,43)27-15-8-7-14-25(27)37-29-28-26(16-17-33-28)38-31(39-29)36-24-13-9-12-23(18-24)35-30(40)21(3)34-32(41)44-19-22-10-5-4-6-11-22/h4-18,20-21,33H,19H2,1-3H3,(H,34,41)(H,35,40)(H2,36,37,38,39). The number of amides is 2. The van der Waals surface area contributed by atoms with Crippen molar-refractivity contribution >= 4 is 61.7 Å². The number of ether oxygens (including phenoxy) is 1. The Morgan fingerprint density at radius 3 is 2.38 bits per heavy atom. The van der Waals surface area contributed by atoms with Crippen molar-refractivity contribution in [2.75, 3.05) is 16.0 Å². The molecule has 0 saturated heterocycles. The lowest BCUT2D eigenvalue weighted by Gasteiger charge is -2.16. The number of hydrogen-bond acceptors (Lipinski definition) is 9. The van der Waals surface area contributed by atoms with Gasteiger partial charge in [0.2, 0.25) is 11.9 Å². The van der Waals surface area contributed by atoms with Crippen molar-refractivity contribution in [3.05, 3.63) is 96.7 Å². The van der Waals surface area contributed by atoms with E-state index in [1.54, 1.807) is 81.6 Å². The predicted octanol–water partition coefficient (Wildman–Crippen LogP) is 5.88. The minimum absolute atomic E-state index is 0.0894. The lowest BCUT2D eigenvalue weighted by Crippen LogP contribution is -2.41. The largest absolute Gasteiger partial charge is 0.445 e. The fourth-order valence-corrected chi connectivity index (χ4v) is 5.55. The second-order valence-electron chi connectivity index (χ2n) is 10.5. The fourth-order valence-electron chi connectivity index (χ4n) is 4.35. The summed E-state index contributed by atoms with van der Waals surface area (Å²) in [5.41, 5.74) is 3.48. The van der Waals surface area contributed by atoms with Crippen molar-refractivity contribution in [1.82, 2.24) is 20.3 Å². The molecule has 0 radical (unpaired) electrons. The van der Waals surface area contributed by atoms with Crippen LogP contribution in [0.4, 0.5) is 33.6 Å². The Morgan fingerprint density at radius 1 is 0.867 bits per heavy atom. The zero-order chi connectivity index (χ0) is 32.0. The number of rotatable bonds is 11. The first-order valence-electron chi connectivity index (χ1n) is 14.2. The minimum atomic E-state index is -3.57. The highest BCUT2D eigenvalue weighted by molar-refractivity contribution is 7.92. The van der Waals surface area contributed by atoms with E-state index in [9.17, 15) is 18.0 Å². The number of fused-ring (bicyclic) bond motifs is 1. The third-order valence-electron chi connectivity index (χ3n) is 6.80. The summed E-state index contributed by atoms with van der Waals surface area (Å²) < 4.78 is 31.2. The number of hydrogen-bond donors (Lipinski definition) is 5. The molecule has 5 rings (SSSR count). The van der Waals surface area contributed by atoms with Gasteiger partial charge in [-0.2, -0.15) is 4.98 Å². The molecule has 0 saturated carbocycles. The van der Waals surface area contributed by atoms with E-state index in [1.807, 2.05) is 30.3 Å². The fraction of sp³-hybridized carbons (Fsp3) is 0.188. The zero-order valence-electron chi connectivity index (χ0n) is 24.9. The third kappa shape index (κ3) is 7.57. The minimum Gasteiger partial charge on any atom is -0.445 e. The molecule has 13 heteroatoms. The van der Waals surface area contributed by atoms with Gasteiger partial charge >= 0.3 is 6.09 Å². The van der Waals surface area contributed by atoms with Gasteiger partial charge in [-0.25, -0.2) is 18.2 Å². The monoisotopic (exact) mass is 627 g/mol. The van der Waals surface area contributed by atoms with Crippen LogP contribution in [0.15, 0.2) is 96.0 Å². The molecule has 0 aliphatic heterocycles. The van der Waals surface area contributed by atoms with E-state index in [-0.39, 0.29) is 17.5 Å². The average molecular weight is 628 g/mol. The predicted molar refractivity (Wildman–Crippen MR) is 174 cm³/mol. The van der Waals surface area contributed by atoms with Crippen molar-refractivity contribution in [3.63, 3.8) is 0 Å². The van der Waals surface area contributed by atoms with Crippen LogP contribution < -0.4 is 21.3 Å². The summed E-state index contributed by atoms with van der Waals surface area (Å²) in [6, 6.07) is 23.7. The van der Waals surface area contributed by atoms with Crippen LogP contribution in [0.2, 0.25) is 0 Å². The highest BCUT2D eigenvalue weighted by Gasteiger charge is 2.23. The maximum Gasteiger partial charge on any atom is 0.408 e. The lowest BCUT2D eigenvalue weighted by molar-refractivity contribution is -0.117. The Balaban J connectivity index is 1.28. The number of aromatic nitrogens is 3. The molecule has 0 bridgehead atoms. The molecule has 0 aliphatic carbocycles. The van der Waals surface area contributed by atoms with Crippen LogP contribution in [0.3, 0.4) is 0 Å². The number of carbonyl (C=O) groups is 2. The average Bonchev–Trinajstić information content (AvgIpc) is 3.50. The van der Waals surface area contributed by atoms with Gasteiger partial charge in [-0.15, -0.1) is 0 Å². The summed E-state index contributed by atoms with van der Waals surface area (Å²) in [4.78, 5) is 37.4. The van der Waals surface area contributed by atoms with Gasteiger partial charge < -0.3 is 31.0 Å². The van der Waals surface area contributed by atoms with Crippen molar-refractivity contribution in [1.29, 1.82) is 0 Å². The van der Waals surface area contributed by atoms with Crippen LogP contribution in [-0.2, 0) is 26.0 Å². The molecule has 5 N–H and O–H groups in total. The second-order valence-corrected chi connectivity index (χ2v) is 12.9. The molecular weight excluding hydrogens is 594 g/mol. The molecule has 2 amide bonds. The van der Waals surface area contributed by atoms with Crippen LogP contribution in [0.25, 0.3) is 11.0 Å². The first kappa shape index (κ1) is 31.0. The molecule has 5 aromatic rings. The summed E-state index contributed by atoms with van der Waals surface area (Å²) in [6.45, 7) is 4.92. The molecule has 0 aliphatic rings. The number of H-pyrrole nitrogens is 1. The van der Waals surface area contributed by atoms with E-state index in [4.69, 9.17) is 4.74 Å². The van der Waals surface area contributed by atoms with E-state index in [2.05, 4.69) is 36.2 Å². The SMILES string of the molecule is CC(NC(=O)OCc1ccccc1)C(=O)Nc1cccc(Nc2nc(Nc3ccccc3S(=O)(=O)C(C)C)c3[nH]ccc3n2)c1. The smallest absolute Gasteiger partial charge is 0.408 e. The zero-order valence-corrected chi connectivity index (χ0v) is 25.7. The van der Waals surface area contributed by atoms with Gasteiger partial charge in [0.25, 0.3) is 0 Å². The number of alkyl carbamates (subject to hydrolysis) is 1. The summed E-state index contributed by atoms with van der Waals surface area (Å²) in [5.74, 6) is 0.186. The normalized spacial score (nSPS) is 12.0. The van der Waals surface area contributed by atoms with E-state index < -0.39 is 33.1 Å².